The van der Waals surface area contributed by atoms with Crippen LogP contribution in [-0.4, -0.2) is 31.7 Å². The first-order chi connectivity index (χ1) is 13.6. The first-order valence-corrected chi connectivity index (χ1v) is 10.9. The average molecular weight is 474 g/mol. The lowest BCUT2D eigenvalue weighted by Gasteiger charge is -2.08. The molecule has 0 aliphatic carbocycles. The number of methoxy groups -OCH3 is 1. The van der Waals surface area contributed by atoms with E-state index in [0.29, 0.717) is 21.9 Å². The molecule has 1 aromatic heterocycles. The Bertz CT molecular complexity index is 1210. The normalized spacial score (nSPS) is 11.3. The molecule has 29 heavy (non-hydrogen) atoms. The largest absolute Gasteiger partial charge is 0.507 e. The summed E-state index contributed by atoms with van der Waals surface area (Å²) in [5.74, 6) is -1.42. The van der Waals surface area contributed by atoms with Gasteiger partial charge in [0.25, 0.3) is 10.0 Å². The van der Waals surface area contributed by atoms with Crippen LogP contribution in [0.5, 0.6) is 11.5 Å². The number of aromatic hydroxyl groups is 1. The molecule has 11 heteroatoms. The first kappa shape index (κ1) is 21.3. The summed E-state index contributed by atoms with van der Waals surface area (Å²) in [6, 6.07) is 9.62. The number of ether oxygens (including phenoxy) is 1. The summed E-state index contributed by atoms with van der Waals surface area (Å²) in [4.78, 5) is 11.0. The van der Waals surface area contributed by atoms with Gasteiger partial charge in [0.05, 0.1) is 12.8 Å². The van der Waals surface area contributed by atoms with Crippen LogP contribution in [0.4, 0.5) is 5.69 Å². The smallest absolute Gasteiger partial charge is 0.339 e. The Morgan fingerprint density at radius 2 is 1.83 bits per heavy atom. The number of sulfonamides is 1. The van der Waals surface area contributed by atoms with Gasteiger partial charge in [0.2, 0.25) is 0 Å². The minimum Gasteiger partial charge on any atom is -0.507 e. The van der Waals surface area contributed by atoms with Crippen LogP contribution < -0.4 is 9.46 Å². The second-order valence-corrected chi connectivity index (χ2v) is 9.74. The van der Waals surface area contributed by atoms with Crippen molar-refractivity contribution in [2.75, 3.05) is 11.8 Å². The zero-order chi connectivity index (χ0) is 21.3. The lowest BCUT2D eigenvalue weighted by molar-refractivity contribution is 0.0694. The van der Waals surface area contributed by atoms with Crippen molar-refractivity contribution >= 4 is 56.2 Å². The molecule has 152 valence electrons. The average Bonchev–Trinajstić information content (AvgIpc) is 3.03. The molecule has 3 aromatic rings. The predicted octanol–water partition coefficient (Wildman–Crippen LogP) is 4.94. The molecule has 3 rings (SSSR count). The van der Waals surface area contributed by atoms with Crippen molar-refractivity contribution in [1.82, 2.24) is 0 Å². The molecule has 0 saturated carbocycles. The summed E-state index contributed by atoms with van der Waals surface area (Å²) in [5, 5.41) is 19.1. The summed E-state index contributed by atoms with van der Waals surface area (Å²) >= 11 is 13.1. The van der Waals surface area contributed by atoms with Crippen LogP contribution in [0.1, 0.15) is 10.4 Å². The second-order valence-electron chi connectivity index (χ2n) is 5.74. The lowest BCUT2D eigenvalue weighted by Crippen LogP contribution is -2.11. The topological polar surface area (TPSA) is 113 Å². The fourth-order valence-electron chi connectivity index (χ4n) is 2.54. The molecule has 0 fully saturated rings. The van der Waals surface area contributed by atoms with Crippen LogP contribution in [0.15, 0.2) is 46.7 Å². The molecule has 0 aliphatic rings. The molecular formula is C18H13Cl2NO6S2. The van der Waals surface area contributed by atoms with Crippen molar-refractivity contribution in [2.24, 2.45) is 0 Å². The van der Waals surface area contributed by atoms with Gasteiger partial charge in [0.15, 0.2) is 0 Å². The fraction of sp³-hybridized carbons (Fsp3) is 0.0556. The van der Waals surface area contributed by atoms with Crippen LogP contribution in [0.3, 0.4) is 0 Å². The number of benzene rings is 2. The number of carbonyl (C=O) groups is 1. The monoisotopic (exact) mass is 473 g/mol. The third-order valence-corrected chi connectivity index (χ3v) is 7.31. The van der Waals surface area contributed by atoms with Crippen molar-refractivity contribution < 1.29 is 28.2 Å². The van der Waals surface area contributed by atoms with Crippen LogP contribution in [0.25, 0.3) is 11.1 Å². The Balaban J connectivity index is 1.98. The number of aromatic carboxylic acids is 1. The molecule has 0 atom stereocenters. The van der Waals surface area contributed by atoms with Gasteiger partial charge in [-0.25, -0.2) is 13.2 Å². The maximum atomic E-state index is 12.7. The van der Waals surface area contributed by atoms with Gasteiger partial charge < -0.3 is 14.9 Å². The number of carboxylic acid groups (broad SMARTS) is 1. The molecule has 0 saturated heterocycles. The van der Waals surface area contributed by atoms with Gasteiger partial charge >= 0.3 is 5.97 Å². The maximum absolute atomic E-state index is 12.7. The zero-order valence-electron chi connectivity index (χ0n) is 14.6. The minimum atomic E-state index is -4.05. The van der Waals surface area contributed by atoms with E-state index in [9.17, 15) is 18.3 Å². The van der Waals surface area contributed by atoms with E-state index in [1.165, 1.54) is 19.2 Å². The summed E-state index contributed by atoms with van der Waals surface area (Å²) in [6.45, 7) is 0. The van der Waals surface area contributed by atoms with E-state index in [0.717, 1.165) is 23.5 Å². The number of halogens is 2. The molecule has 0 bridgehead atoms. The fourth-order valence-corrected chi connectivity index (χ4v) is 5.51. The molecule has 0 radical (unpaired) electrons. The summed E-state index contributed by atoms with van der Waals surface area (Å²) in [7, 11) is -2.58. The number of nitrogens with one attached hydrogen (secondary N) is 1. The van der Waals surface area contributed by atoms with Crippen LogP contribution in [0.2, 0.25) is 9.36 Å². The van der Waals surface area contributed by atoms with E-state index in [-0.39, 0.29) is 19.8 Å². The number of rotatable bonds is 6. The second kappa shape index (κ2) is 8.11. The summed E-state index contributed by atoms with van der Waals surface area (Å²) < 4.78 is 33.2. The molecule has 7 nitrogen and oxygen atoms in total. The quantitative estimate of drug-likeness (QED) is 0.467. The van der Waals surface area contributed by atoms with Gasteiger partial charge in [-0.2, -0.15) is 0 Å². The SMILES string of the molecule is COc1ccc(Cl)cc1-c1cc(S(=O)(=O)Nc2ccc(C(=O)O)c(O)c2)sc1Cl. The highest BCUT2D eigenvalue weighted by molar-refractivity contribution is 7.94. The van der Waals surface area contributed by atoms with E-state index in [2.05, 4.69) is 4.72 Å². The number of hydrogen-bond donors (Lipinski definition) is 3. The maximum Gasteiger partial charge on any atom is 0.339 e. The Hall–Kier alpha value is -2.46. The third-order valence-electron chi connectivity index (χ3n) is 3.86. The predicted molar refractivity (Wildman–Crippen MR) is 112 cm³/mol. The Kier molecular flexibility index (Phi) is 5.95. The summed E-state index contributed by atoms with van der Waals surface area (Å²) in [5.41, 5.74) is 0.619. The third kappa shape index (κ3) is 4.43. The van der Waals surface area contributed by atoms with Crippen LogP contribution in [-0.2, 0) is 10.0 Å². The standard InChI is InChI=1S/C18H13Cl2NO6S2/c1-27-15-5-2-9(19)6-12(15)13-8-16(28-17(13)20)29(25,26)21-10-3-4-11(18(23)24)14(22)7-10/h2-8,21-22H,1H3,(H,23,24). The molecule has 3 N–H and O–H groups in total. The molecule has 0 spiro atoms. The summed E-state index contributed by atoms with van der Waals surface area (Å²) in [6.07, 6.45) is 0. The molecule has 0 amide bonds. The highest BCUT2D eigenvalue weighted by Gasteiger charge is 2.23. The van der Waals surface area contributed by atoms with E-state index in [1.807, 2.05) is 0 Å². The van der Waals surface area contributed by atoms with Gasteiger partial charge in [-0.05, 0) is 36.4 Å². The molecule has 0 unspecified atom stereocenters. The Morgan fingerprint density at radius 3 is 2.45 bits per heavy atom. The molecule has 1 heterocycles. The van der Waals surface area contributed by atoms with Gasteiger partial charge in [0, 0.05) is 22.2 Å². The lowest BCUT2D eigenvalue weighted by atomic mass is 10.1. The van der Waals surface area contributed by atoms with Gasteiger partial charge in [-0.3, -0.25) is 4.72 Å². The Labute approximate surface area is 180 Å². The van der Waals surface area contributed by atoms with Crippen LogP contribution >= 0.6 is 34.5 Å². The van der Waals surface area contributed by atoms with Crippen molar-refractivity contribution in [1.29, 1.82) is 0 Å². The number of carboxylic acids is 1. The number of anilines is 1. The van der Waals surface area contributed by atoms with Crippen molar-refractivity contribution in [3.63, 3.8) is 0 Å². The van der Waals surface area contributed by atoms with E-state index in [1.54, 1.807) is 18.2 Å². The minimum absolute atomic E-state index is 0.00101. The molecular weight excluding hydrogens is 461 g/mol. The number of thiophene rings is 1. The number of phenols is 1. The van der Waals surface area contributed by atoms with Gasteiger partial charge in [0.1, 0.15) is 25.6 Å². The highest BCUT2D eigenvalue weighted by atomic mass is 35.5. The zero-order valence-corrected chi connectivity index (χ0v) is 17.8. The van der Waals surface area contributed by atoms with E-state index >= 15 is 0 Å². The first-order valence-electron chi connectivity index (χ1n) is 7.84. The highest BCUT2D eigenvalue weighted by Crippen LogP contribution is 2.42. The van der Waals surface area contributed by atoms with Gasteiger partial charge in [-0.1, -0.05) is 23.2 Å². The molecule has 0 aliphatic heterocycles. The van der Waals surface area contributed by atoms with Crippen molar-refractivity contribution in [2.45, 2.75) is 4.21 Å². The Morgan fingerprint density at radius 1 is 1.10 bits per heavy atom. The van der Waals surface area contributed by atoms with Gasteiger partial charge in [-0.15, -0.1) is 11.3 Å². The van der Waals surface area contributed by atoms with Crippen molar-refractivity contribution in [3.8, 4) is 22.6 Å². The molecule has 2 aromatic carbocycles. The van der Waals surface area contributed by atoms with E-state index in [4.69, 9.17) is 33.0 Å². The van der Waals surface area contributed by atoms with Crippen molar-refractivity contribution in [3.05, 3.63) is 57.4 Å². The van der Waals surface area contributed by atoms with Crippen LogP contribution in [0, 0.1) is 0 Å². The van der Waals surface area contributed by atoms with E-state index < -0.39 is 21.7 Å². The number of hydrogen-bond acceptors (Lipinski definition) is 6.